The molecule has 5 nitrogen and oxygen atoms in total. The predicted molar refractivity (Wildman–Crippen MR) is 62.4 cm³/mol. The van der Waals surface area contributed by atoms with E-state index >= 15 is 0 Å². The summed E-state index contributed by atoms with van der Waals surface area (Å²) in [4.78, 5) is 21.6. The molecular formula is C11H11F3N2O3. The number of nitro groups is 1. The van der Waals surface area contributed by atoms with Crippen LogP contribution in [0.2, 0.25) is 0 Å². The molecule has 0 atom stereocenters. The van der Waals surface area contributed by atoms with Crippen LogP contribution in [0.25, 0.3) is 0 Å². The lowest BCUT2D eigenvalue weighted by atomic mass is 10.1. The fraction of sp³-hybridized carbons (Fsp3) is 0.364. The topological polar surface area (TPSA) is 63.4 Å². The van der Waals surface area contributed by atoms with Gasteiger partial charge < -0.3 is 4.90 Å². The number of aldehydes is 1. The largest absolute Gasteiger partial charge is 0.405 e. The van der Waals surface area contributed by atoms with E-state index in [0.717, 1.165) is 17.0 Å². The molecule has 104 valence electrons. The summed E-state index contributed by atoms with van der Waals surface area (Å²) in [5.41, 5.74) is -0.558. The second-order valence-corrected chi connectivity index (χ2v) is 3.75. The highest BCUT2D eigenvalue weighted by molar-refractivity contribution is 5.83. The fourth-order valence-electron chi connectivity index (χ4n) is 1.60. The summed E-state index contributed by atoms with van der Waals surface area (Å²) in [7, 11) is 0. The molecular weight excluding hydrogens is 265 g/mol. The molecule has 8 heteroatoms. The second kappa shape index (κ2) is 5.68. The number of rotatable bonds is 5. The number of benzene rings is 1. The van der Waals surface area contributed by atoms with Crippen molar-refractivity contribution in [2.45, 2.75) is 13.1 Å². The van der Waals surface area contributed by atoms with Gasteiger partial charge in [0.15, 0.2) is 6.29 Å². The number of nitrogens with zero attached hydrogens (tertiary/aromatic N) is 2. The van der Waals surface area contributed by atoms with Crippen LogP contribution in [-0.2, 0) is 0 Å². The van der Waals surface area contributed by atoms with Gasteiger partial charge in [-0.2, -0.15) is 13.2 Å². The molecule has 0 amide bonds. The molecule has 19 heavy (non-hydrogen) atoms. The van der Waals surface area contributed by atoms with E-state index < -0.39 is 23.3 Å². The van der Waals surface area contributed by atoms with E-state index in [0.29, 0.717) is 0 Å². The maximum absolute atomic E-state index is 12.3. The number of hydrogen-bond acceptors (Lipinski definition) is 4. The van der Waals surface area contributed by atoms with Gasteiger partial charge in [0.25, 0.3) is 5.69 Å². The van der Waals surface area contributed by atoms with Gasteiger partial charge in [0.05, 0.1) is 10.5 Å². The highest BCUT2D eigenvalue weighted by atomic mass is 19.4. The van der Waals surface area contributed by atoms with Crippen molar-refractivity contribution in [3.63, 3.8) is 0 Å². The summed E-state index contributed by atoms with van der Waals surface area (Å²) in [5, 5.41) is 10.6. The molecule has 0 saturated carbocycles. The Kier molecular flexibility index (Phi) is 4.47. The Hall–Kier alpha value is -2.12. The zero-order valence-corrected chi connectivity index (χ0v) is 9.98. The standard InChI is InChI=1S/C11H11F3N2O3/c1-2-15(7-11(12,13)14)9-3-4-10(16(18)19)8(5-9)6-17/h3-6H,2,7H2,1H3. The van der Waals surface area contributed by atoms with E-state index in [-0.39, 0.29) is 24.1 Å². The van der Waals surface area contributed by atoms with Crippen LogP contribution in [0.15, 0.2) is 18.2 Å². The zero-order valence-electron chi connectivity index (χ0n) is 9.98. The van der Waals surface area contributed by atoms with Gasteiger partial charge in [-0.15, -0.1) is 0 Å². The highest BCUT2D eigenvalue weighted by Crippen LogP contribution is 2.26. The highest BCUT2D eigenvalue weighted by Gasteiger charge is 2.30. The summed E-state index contributed by atoms with van der Waals surface area (Å²) < 4.78 is 37.0. The molecule has 0 fully saturated rings. The zero-order chi connectivity index (χ0) is 14.6. The molecule has 1 aromatic rings. The van der Waals surface area contributed by atoms with Crippen LogP contribution in [0.1, 0.15) is 17.3 Å². The average molecular weight is 276 g/mol. The van der Waals surface area contributed by atoms with Gasteiger partial charge in [-0.3, -0.25) is 14.9 Å². The van der Waals surface area contributed by atoms with Crippen molar-refractivity contribution in [3.05, 3.63) is 33.9 Å². The average Bonchev–Trinajstić information content (AvgIpc) is 2.33. The number of halogens is 3. The first-order valence-electron chi connectivity index (χ1n) is 5.33. The van der Waals surface area contributed by atoms with Crippen molar-refractivity contribution in [1.82, 2.24) is 0 Å². The van der Waals surface area contributed by atoms with Crippen LogP contribution in [0, 0.1) is 10.1 Å². The second-order valence-electron chi connectivity index (χ2n) is 3.75. The van der Waals surface area contributed by atoms with Crippen molar-refractivity contribution >= 4 is 17.7 Å². The van der Waals surface area contributed by atoms with Gasteiger partial charge in [0.1, 0.15) is 6.54 Å². The number of nitro benzene ring substituents is 1. The fourth-order valence-corrected chi connectivity index (χ4v) is 1.60. The molecule has 0 saturated heterocycles. The smallest absolute Gasteiger partial charge is 0.363 e. The van der Waals surface area contributed by atoms with Crippen molar-refractivity contribution in [2.24, 2.45) is 0 Å². The maximum Gasteiger partial charge on any atom is 0.405 e. The van der Waals surface area contributed by atoms with E-state index in [1.165, 1.54) is 13.0 Å². The third-order valence-corrected chi connectivity index (χ3v) is 2.45. The molecule has 0 aliphatic rings. The van der Waals surface area contributed by atoms with Gasteiger partial charge in [-0.25, -0.2) is 0 Å². The number of anilines is 1. The van der Waals surface area contributed by atoms with E-state index in [1.54, 1.807) is 0 Å². The minimum atomic E-state index is -4.39. The Morgan fingerprint density at radius 3 is 2.47 bits per heavy atom. The molecule has 0 aliphatic carbocycles. The van der Waals surface area contributed by atoms with Crippen LogP contribution in [0.3, 0.4) is 0 Å². The molecule has 1 rings (SSSR count). The SMILES string of the molecule is CCN(CC(F)(F)F)c1ccc([N+](=O)[O-])c(C=O)c1. The molecule has 0 unspecified atom stereocenters. The van der Waals surface area contributed by atoms with Crippen molar-refractivity contribution in [1.29, 1.82) is 0 Å². The van der Waals surface area contributed by atoms with Gasteiger partial charge in [0, 0.05) is 18.3 Å². The lowest BCUT2D eigenvalue weighted by Gasteiger charge is -2.24. The monoisotopic (exact) mass is 276 g/mol. The molecule has 1 aromatic carbocycles. The van der Waals surface area contributed by atoms with E-state index in [2.05, 4.69) is 0 Å². The van der Waals surface area contributed by atoms with Gasteiger partial charge >= 0.3 is 6.18 Å². The third kappa shape index (κ3) is 3.94. The van der Waals surface area contributed by atoms with Crippen molar-refractivity contribution in [2.75, 3.05) is 18.0 Å². The van der Waals surface area contributed by atoms with Gasteiger partial charge in [0.2, 0.25) is 0 Å². The van der Waals surface area contributed by atoms with Crippen molar-refractivity contribution < 1.29 is 22.9 Å². The lowest BCUT2D eigenvalue weighted by Crippen LogP contribution is -2.34. The predicted octanol–water partition coefficient (Wildman–Crippen LogP) is 2.80. The van der Waals surface area contributed by atoms with Crippen LogP contribution in [-0.4, -0.2) is 30.5 Å². The minimum absolute atomic E-state index is 0.0651. The third-order valence-electron chi connectivity index (χ3n) is 2.45. The molecule has 0 aromatic heterocycles. The Labute approximate surface area is 106 Å². The van der Waals surface area contributed by atoms with E-state index in [4.69, 9.17) is 0 Å². The Morgan fingerprint density at radius 1 is 1.42 bits per heavy atom. The molecule has 0 aliphatic heterocycles. The maximum atomic E-state index is 12.3. The molecule has 0 N–H and O–H groups in total. The summed E-state index contributed by atoms with van der Waals surface area (Å²) in [5.74, 6) is 0. The normalized spacial score (nSPS) is 11.2. The number of alkyl halides is 3. The molecule has 0 heterocycles. The first-order valence-corrected chi connectivity index (χ1v) is 5.33. The van der Waals surface area contributed by atoms with Gasteiger partial charge in [-0.1, -0.05) is 0 Å². The van der Waals surface area contributed by atoms with Crippen LogP contribution >= 0.6 is 0 Å². The first-order chi connectivity index (χ1) is 8.78. The van der Waals surface area contributed by atoms with Crippen LogP contribution in [0.4, 0.5) is 24.5 Å². The minimum Gasteiger partial charge on any atom is -0.363 e. The Balaban J connectivity index is 3.13. The van der Waals surface area contributed by atoms with Crippen LogP contribution in [0.5, 0.6) is 0 Å². The van der Waals surface area contributed by atoms with E-state index in [9.17, 15) is 28.1 Å². The Bertz CT molecular complexity index is 489. The number of carbonyl (C=O) groups is 1. The first kappa shape index (κ1) is 14.9. The molecule has 0 radical (unpaired) electrons. The molecule has 0 bridgehead atoms. The van der Waals surface area contributed by atoms with Gasteiger partial charge in [-0.05, 0) is 19.1 Å². The number of carbonyl (C=O) groups excluding carboxylic acids is 1. The van der Waals surface area contributed by atoms with Crippen LogP contribution < -0.4 is 4.90 Å². The quantitative estimate of drug-likeness (QED) is 0.471. The summed E-state index contributed by atoms with van der Waals surface area (Å²) >= 11 is 0. The summed E-state index contributed by atoms with van der Waals surface area (Å²) in [6.45, 7) is 0.406. The van der Waals surface area contributed by atoms with E-state index in [1.807, 2.05) is 0 Å². The summed E-state index contributed by atoms with van der Waals surface area (Å²) in [6.07, 6.45) is -4.14. The summed E-state index contributed by atoms with van der Waals surface area (Å²) in [6, 6.07) is 3.30. The molecule has 0 spiro atoms. The Morgan fingerprint density at radius 2 is 2.05 bits per heavy atom. The number of hydrogen-bond donors (Lipinski definition) is 0. The van der Waals surface area contributed by atoms with Crippen molar-refractivity contribution in [3.8, 4) is 0 Å². The lowest BCUT2D eigenvalue weighted by molar-refractivity contribution is -0.385.